The molecule has 4 rings (SSSR count). The molecular weight excluding hydrogens is 420 g/mol. The average molecular weight is 443 g/mol. The van der Waals surface area contributed by atoms with Gasteiger partial charge in [0.1, 0.15) is 0 Å². The molecule has 2 amide bonds. The molecule has 2 aromatic heterocycles. The molecule has 0 saturated carbocycles. The summed E-state index contributed by atoms with van der Waals surface area (Å²) in [4.78, 5) is 24.6. The van der Waals surface area contributed by atoms with Gasteiger partial charge in [-0.2, -0.15) is 10.5 Å². The van der Waals surface area contributed by atoms with Gasteiger partial charge in [-0.3, -0.25) is 10.3 Å². The molecule has 0 unspecified atom stereocenters. The van der Waals surface area contributed by atoms with Crippen molar-refractivity contribution in [2.75, 3.05) is 18.4 Å². The minimum absolute atomic E-state index is 0.260. The van der Waals surface area contributed by atoms with E-state index < -0.39 is 5.41 Å². The molecular formula is C24H22N6OS. The Morgan fingerprint density at radius 1 is 1.16 bits per heavy atom. The molecule has 1 N–H and O–H groups in total. The summed E-state index contributed by atoms with van der Waals surface area (Å²) in [6.45, 7) is 6.68. The van der Waals surface area contributed by atoms with Crippen molar-refractivity contribution in [2.45, 2.75) is 27.2 Å². The van der Waals surface area contributed by atoms with E-state index in [4.69, 9.17) is 4.98 Å². The third kappa shape index (κ3) is 4.32. The van der Waals surface area contributed by atoms with Crippen molar-refractivity contribution >= 4 is 22.5 Å². The quantitative estimate of drug-likeness (QED) is 0.605. The first-order valence-corrected chi connectivity index (χ1v) is 11.1. The largest absolute Gasteiger partial charge is 0.323 e. The number of pyridine rings is 1. The number of rotatable bonds is 3. The van der Waals surface area contributed by atoms with Gasteiger partial charge in [0.15, 0.2) is 5.13 Å². The molecule has 32 heavy (non-hydrogen) atoms. The second-order valence-corrected chi connectivity index (χ2v) is 9.30. The number of anilines is 1. The van der Waals surface area contributed by atoms with Crippen molar-refractivity contribution in [1.29, 1.82) is 10.5 Å². The first-order valence-electron chi connectivity index (χ1n) is 10.2. The number of aromatic nitrogens is 2. The van der Waals surface area contributed by atoms with Crippen LogP contribution in [0, 0.1) is 41.9 Å². The monoisotopic (exact) mass is 442 g/mol. The van der Waals surface area contributed by atoms with Crippen LogP contribution in [-0.4, -0.2) is 34.0 Å². The normalized spacial score (nSPS) is 17.6. The predicted octanol–water partition coefficient (Wildman–Crippen LogP) is 5.13. The van der Waals surface area contributed by atoms with Crippen LogP contribution in [0.5, 0.6) is 0 Å². The highest BCUT2D eigenvalue weighted by molar-refractivity contribution is 7.19. The number of likely N-dealkylation sites (tertiary alicyclic amines) is 1. The summed E-state index contributed by atoms with van der Waals surface area (Å²) in [6.07, 6.45) is 0.655. The van der Waals surface area contributed by atoms with E-state index in [1.165, 1.54) is 11.3 Å². The van der Waals surface area contributed by atoms with E-state index in [-0.39, 0.29) is 6.03 Å². The molecule has 7 nitrogen and oxygen atoms in total. The third-order valence-corrected chi connectivity index (χ3v) is 6.50. The van der Waals surface area contributed by atoms with E-state index in [0.717, 1.165) is 27.4 Å². The van der Waals surface area contributed by atoms with Gasteiger partial charge in [0.05, 0.1) is 33.7 Å². The van der Waals surface area contributed by atoms with E-state index in [1.54, 1.807) is 17.0 Å². The molecule has 0 bridgehead atoms. The molecule has 1 atom stereocenters. The van der Waals surface area contributed by atoms with Crippen LogP contribution in [0.4, 0.5) is 9.93 Å². The Morgan fingerprint density at radius 3 is 2.56 bits per heavy atom. The Hall–Kier alpha value is -3.75. The summed E-state index contributed by atoms with van der Waals surface area (Å²) >= 11 is 1.39. The lowest BCUT2D eigenvalue weighted by molar-refractivity contribution is 0.219. The predicted molar refractivity (Wildman–Crippen MR) is 124 cm³/mol. The molecule has 1 aromatic carbocycles. The Kier molecular flexibility index (Phi) is 5.65. The Morgan fingerprint density at radius 2 is 1.91 bits per heavy atom. The second kappa shape index (κ2) is 8.41. The fourth-order valence-electron chi connectivity index (χ4n) is 3.86. The van der Waals surface area contributed by atoms with Gasteiger partial charge in [-0.25, -0.2) is 9.78 Å². The number of nitriles is 2. The van der Waals surface area contributed by atoms with E-state index in [1.807, 2.05) is 45.0 Å². The van der Waals surface area contributed by atoms with Crippen LogP contribution in [0.2, 0.25) is 0 Å². The number of amides is 2. The zero-order valence-electron chi connectivity index (χ0n) is 18.1. The highest BCUT2D eigenvalue weighted by Crippen LogP contribution is 2.40. The number of thiazole rings is 1. The fraction of sp³-hybridized carbons (Fsp3) is 0.292. The van der Waals surface area contributed by atoms with E-state index in [2.05, 4.69) is 22.4 Å². The molecule has 1 fully saturated rings. The number of nitrogens with zero attached hydrogens (tertiary/aromatic N) is 5. The molecule has 3 aromatic rings. The van der Waals surface area contributed by atoms with Crippen molar-refractivity contribution in [3.05, 3.63) is 53.3 Å². The lowest BCUT2D eigenvalue weighted by atomic mass is 9.92. The third-order valence-electron chi connectivity index (χ3n) is 5.48. The molecule has 0 radical (unpaired) electrons. The van der Waals surface area contributed by atoms with Gasteiger partial charge in [-0.05, 0) is 57.0 Å². The molecule has 160 valence electrons. The van der Waals surface area contributed by atoms with Gasteiger partial charge in [-0.15, -0.1) is 0 Å². The van der Waals surface area contributed by atoms with Crippen molar-refractivity contribution in [3.63, 3.8) is 0 Å². The lowest BCUT2D eigenvalue weighted by Gasteiger charge is -2.17. The SMILES string of the molecule is Cc1cc(-c2sc(NC(=O)N3CC[C@](C)(C#N)C3)nc2-c2cccc(C#N)c2)cc(C)n1. The number of carbonyl (C=O) groups is 1. The topological polar surface area (TPSA) is 106 Å². The maximum atomic E-state index is 12.8. The summed E-state index contributed by atoms with van der Waals surface area (Å²) in [5.74, 6) is 0. The van der Waals surface area contributed by atoms with Crippen LogP contribution in [0.25, 0.3) is 21.7 Å². The number of hydrogen-bond donors (Lipinski definition) is 1. The van der Waals surface area contributed by atoms with Crippen LogP contribution in [0.1, 0.15) is 30.3 Å². The van der Waals surface area contributed by atoms with Crippen molar-refractivity contribution in [3.8, 4) is 33.8 Å². The maximum absolute atomic E-state index is 12.8. The number of urea groups is 1. The van der Waals surface area contributed by atoms with Crippen LogP contribution >= 0.6 is 11.3 Å². The number of carbonyl (C=O) groups excluding carboxylic acids is 1. The number of aryl methyl sites for hydroxylation is 2. The van der Waals surface area contributed by atoms with Crippen LogP contribution in [0.15, 0.2) is 36.4 Å². The maximum Gasteiger partial charge on any atom is 0.323 e. The highest BCUT2D eigenvalue weighted by Gasteiger charge is 2.36. The Bertz CT molecular complexity index is 1260. The average Bonchev–Trinajstić information content (AvgIpc) is 3.38. The summed E-state index contributed by atoms with van der Waals surface area (Å²) < 4.78 is 0. The van der Waals surface area contributed by atoms with Crippen molar-refractivity contribution in [1.82, 2.24) is 14.9 Å². The van der Waals surface area contributed by atoms with Gasteiger partial charge < -0.3 is 4.90 Å². The molecule has 8 heteroatoms. The summed E-state index contributed by atoms with van der Waals surface area (Å²) in [6, 6.07) is 15.5. The molecule has 0 aliphatic carbocycles. The van der Waals surface area contributed by atoms with Crippen LogP contribution in [0.3, 0.4) is 0 Å². The zero-order valence-corrected chi connectivity index (χ0v) is 19.0. The first kappa shape index (κ1) is 21.5. The van der Waals surface area contributed by atoms with Gasteiger partial charge >= 0.3 is 6.03 Å². The van der Waals surface area contributed by atoms with Gasteiger partial charge in [0.25, 0.3) is 0 Å². The highest BCUT2D eigenvalue weighted by atomic mass is 32.1. The van der Waals surface area contributed by atoms with E-state index in [9.17, 15) is 15.3 Å². The molecule has 1 aliphatic rings. The molecule has 1 aliphatic heterocycles. The summed E-state index contributed by atoms with van der Waals surface area (Å²) in [7, 11) is 0. The van der Waals surface area contributed by atoms with Crippen molar-refractivity contribution in [2.24, 2.45) is 5.41 Å². The van der Waals surface area contributed by atoms with Crippen molar-refractivity contribution < 1.29 is 4.79 Å². The number of benzene rings is 1. The molecule has 1 saturated heterocycles. The number of nitrogens with one attached hydrogen (secondary N) is 1. The van der Waals surface area contributed by atoms with E-state index >= 15 is 0 Å². The lowest BCUT2D eigenvalue weighted by Crippen LogP contribution is -2.34. The van der Waals surface area contributed by atoms with E-state index in [0.29, 0.717) is 35.9 Å². The molecule has 3 heterocycles. The fourth-order valence-corrected chi connectivity index (χ4v) is 4.83. The van der Waals surface area contributed by atoms with Crippen LogP contribution < -0.4 is 5.32 Å². The first-order chi connectivity index (χ1) is 15.3. The second-order valence-electron chi connectivity index (χ2n) is 8.30. The minimum atomic E-state index is -0.514. The van der Waals surface area contributed by atoms with Gasteiger partial charge in [0.2, 0.25) is 0 Å². The van der Waals surface area contributed by atoms with Gasteiger partial charge in [-0.1, -0.05) is 23.5 Å². The standard InChI is InChI=1S/C24H22N6OS/c1-15-9-19(10-16(2)27-15)21-20(18-6-4-5-17(11-18)12-25)28-22(32-21)29-23(31)30-8-7-24(3,13-26)14-30/h4-6,9-11H,7-8,14H2,1-3H3,(H,28,29,31)/t24-/m1/s1. The Balaban J connectivity index is 1.72. The zero-order chi connectivity index (χ0) is 22.9. The Labute approximate surface area is 191 Å². The van der Waals surface area contributed by atoms with Crippen LogP contribution in [-0.2, 0) is 0 Å². The number of hydrogen-bond acceptors (Lipinski definition) is 6. The smallest absolute Gasteiger partial charge is 0.323 e. The molecule has 0 spiro atoms. The summed E-state index contributed by atoms with van der Waals surface area (Å²) in [5.41, 5.74) is 4.29. The minimum Gasteiger partial charge on any atom is -0.323 e. The van der Waals surface area contributed by atoms with Gasteiger partial charge in [0, 0.05) is 30.0 Å². The summed E-state index contributed by atoms with van der Waals surface area (Å²) in [5, 5.41) is 22.0.